The highest BCUT2D eigenvalue weighted by atomic mass is 32.2. The highest BCUT2D eigenvalue weighted by molar-refractivity contribution is 7.99. The van der Waals surface area contributed by atoms with Crippen LogP contribution in [0, 0.1) is 0 Å². The third-order valence-electron chi connectivity index (χ3n) is 5.01. The number of aromatic nitrogens is 2. The van der Waals surface area contributed by atoms with Crippen molar-refractivity contribution < 1.29 is 9.59 Å². The van der Waals surface area contributed by atoms with E-state index in [1.165, 1.54) is 11.8 Å². The fraction of sp³-hybridized carbons (Fsp3) is 0.227. The van der Waals surface area contributed by atoms with Crippen molar-refractivity contribution in [1.29, 1.82) is 0 Å². The molecule has 1 aliphatic rings. The summed E-state index contributed by atoms with van der Waals surface area (Å²) in [5.41, 5.74) is 2.27. The molecule has 0 bridgehead atoms. The van der Waals surface area contributed by atoms with Crippen molar-refractivity contribution in [2.24, 2.45) is 0 Å². The molecule has 1 aromatic heterocycles. The molecule has 2 amide bonds. The lowest BCUT2D eigenvalue weighted by molar-refractivity contribution is -0.125. The van der Waals surface area contributed by atoms with Gasteiger partial charge < -0.3 is 9.88 Å². The second kappa shape index (κ2) is 7.40. The average molecular weight is 407 g/mol. The van der Waals surface area contributed by atoms with E-state index in [2.05, 4.69) is 16.9 Å². The Bertz CT molecular complexity index is 1120. The number of carbonyl (C=O) groups is 2. The molecular formula is C22H22N4O2S. The topological polar surface area (TPSA) is 67.2 Å². The summed E-state index contributed by atoms with van der Waals surface area (Å²) in [4.78, 5) is 32.1. The Kier molecular flexibility index (Phi) is 4.92. The van der Waals surface area contributed by atoms with Crippen molar-refractivity contribution in [3.63, 3.8) is 0 Å². The molecule has 0 saturated carbocycles. The van der Waals surface area contributed by atoms with E-state index in [0.29, 0.717) is 17.9 Å². The lowest BCUT2D eigenvalue weighted by atomic mass is 9.96. The van der Waals surface area contributed by atoms with Crippen molar-refractivity contribution in [2.45, 2.75) is 31.1 Å². The van der Waals surface area contributed by atoms with Crippen molar-refractivity contribution in [1.82, 2.24) is 9.55 Å². The number of hydrogen-bond donors (Lipinski definition) is 1. The summed E-state index contributed by atoms with van der Waals surface area (Å²) in [6, 6.07) is 15.2. The summed E-state index contributed by atoms with van der Waals surface area (Å²) >= 11 is 1.37. The molecule has 2 aromatic carbocycles. The van der Waals surface area contributed by atoms with Crippen LogP contribution in [-0.2, 0) is 16.1 Å². The average Bonchev–Trinajstić information content (AvgIpc) is 3.05. The summed E-state index contributed by atoms with van der Waals surface area (Å²) < 4.78 is 2.04. The van der Waals surface area contributed by atoms with E-state index < -0.39 is 5.54 Å². The van der Waals surface area contributed by atoms with E-state index in [-0.39, 0.29) is 17.6 Å². The lowest BCUT2D eigenvalue weighted by Crippen LogP contribution is -2.59. The first-order chi connectivity index (χ1) is 13.9. The zero-order chi connectivity index (χ0) is 20.6. The van der Waals surface area contributed by atoms with Crippen LogP contribution in [-0.4, -0.2) is 32.7 Å². The highest BCUT2D eigenvalue weighted by Crippen LogP contribution is 2.37. The molecule has 0 radical (unpaired) electrons. The summed E-state index contributed by atoms with van der Waals surface area (Å²) in [5.74, 6) is -0.168. The summed E-state index contributed by atoms with van der Waals surface area (Å²) in [6.07, 6.45) is 1.81. The Labute approximate surface area is 173 Å². The van der Waals surface area contributed by atoms with Crippen LogP contribution in [0.4, 0.5) is 11.4 Å². The van der Waals surface area contributed by atoms with E-state index in [1.807, 2.05) is 53.1 Å². The monoisotopic (exact) mass is 406 g/mol. The molecule has 0 unspecified atom stereocenters. The van der Waals surface area contributed by atoms with Crippen molar-refractivity contribution in [2.75, 3.05) is 16.0 Å². The molecule has 0 spiro atoms. The third kappa shape index (κ3) is 3.31. The first kappa shape index (κ1) is 19.3. The van der Waals surface area contributed by atoms with Gasteiger partial charge in [-0.05, 0) is 38.1 Å². The number of carbonyl (C=O) groups excluding carboxylic acids is 2. The van der Waals surface area contributed by atoms with Gasteiger partial charge in [-0.15, -0.1) is 6.58 Å². The lowest BCUT2D eigenvalue weighted by Gasteiger charge is -2.42. The Morgan fingerprint density at radius 2 is 1.93 bits per heavy atom. The predicted octanol–water partition coefficient (Wildman–Crippen LogP) is 4.08. The smallest absolute Gasteiger partial charge is 0.250 e. The van der Waals surface area contributed by atoms with Crippen LogP contribution in [0.15, 0.2) is 66.3 Å². The number of rotatable bonds is 5. The number of nitrogens with zero attached hydrogens (tertiary/aromatic N) is 3. The number of nitrogens with one attached hydrogen (secondary N) is 1. The number of imidazole rings is 1. The zero-order valence-electron chi connectivity index (χ0n) is 16.4. The van der Waals surface area contributed by atoms with Gasteiger partial charge >= 0.3 is 0 Å². The predicted molar refractivity (Wildman–Crippen MR) is 117 cm³/mol. The molecule has 0 fully saturated rings. The van der Waals surface area contributed by atoms with Crippen molar-refractivity contribution >= 4 is 46.0 Å². The maximum absolute atomic E-state index is 13.2. The van der Waals surface area contributed by atoms with E-state index >= 15 is 0 Å². The second-order valence-electron chi connectivity index (χ2n) is 7.33. The van der Waals surface area contributed by atoms with Gasteiger partial charge in [0.15, 0.2) is 5.16 Å². The number of amides is 2. The number of thioether (sulfide) groups is 1. The van der Waals surface area contributed by atoms with Gasteiger partial charge in [-0.3, -0.25) is 14.5 Å². The third-order valence-corrected chi connectivity index (χ3v) is 5.97. The number of benzene rings is 2. The fourth-order valence-corrected chi connectivity index (χ4v) is 4.43. The standard InChI is InChI=1S/C22H22N4O2S/c1-4-13-25-17-11-7-5-9-15(17)24-21(25)29-14-19(27)26-18-12-8-6-10-16(18)23-20(28)22(26,2)3/h4-12H,1,13-14H2,2-3H3,(H,23,28). The van der Waals surface area contributed by atoms with Crippen LogP contribution in [0.3, 0.4) is 0 Å². The minimum atomic E-state index is -0.979. The first-order valence-corrected chi connectivity index (χ1v) is 10.3. The van der Waals surface area contributed by atoms with Gasteiger partial charge in [-0.25, -0.2) is 4.98 Å². The molecular weight excluding hydrogens is 384 g/mol. The van der Waals surface area contributed by atoms with Gasteiger partial charge in [0.05, 0.1) is 28.2 Å². The van der Waals surface area contributed by atoms with Crippen LogP contribution < -0.4 is 10.2 Å². The molecule has 4 rings (SSSR count). The van der Waals surface area contributed by atoms with Crippen LogP contribution >= 0.6 is 11.8 Å². The van der Waals surface area contributed by atoms with E-state index in [1.54, 1.807) is 24.8 Å². The van der Waals surface area contributed by atoms with Crippen LogP contribution in [0.1, 0.15) is 13.8 Å². The van der Waals surface area contributed by atoms with Gasteiger partial charge in [-0.2, -0.15) is 0 Å². The SMILES string of the molecule is C=CCn1c(SCC(=O)N2c3ccccc3NC(=O)C2(C)C)nc2ccccc21. The molecule has 2 heterocycles. The molecule has 6 nitrogen and oxygen atoms in total. The largest absolute Gasteiger partial charge is 0.322 e. The van der Waals surface area contributed by atoms with Crippen molar-refractivity contribution in [3.8, 4) is 0 Å². The molecule has 0 saturated heterocycles. The summed E-state index contributed by atoms with van der Waals surface area (Å²) in [7, 11) is 0. The fourth-order valence-electron chi connectivity index (χ4n) is 3.56. The molecule has 3 aromatic rings. The molecule has 148 valence electrons. The first-order valence-electron chi connectivity index (χ1n) is 9.36. The van der Waals surface area contributed by atoms with Crippen LogP contribution in [0.5, 0.6) is 0 Å². The summed E-state index contributed by atoms with van der Waals surface area (Å²) in [5, 5.41) is 3.64. The normalized spacial score (nSPS) is 15.1. The maximum Gasteiger partial charge on any atom is 0.250 e. The summed E-state index contributed by atoms with van der Waals surface area (Å²) in [6.45, 7) is 7.95. The Hall–Kier alpha value is -3.06. The minimum absolute atomic E-state index is 0.139. The van der Waals surface area contributed by atoms with Crippen LogP contribution in [0.2, 0.25) is 0 Å². The second-order valence-corrected chi connectivity index (χ2v) is 8.27. The zero-order valence-corrected chi connectivity index (χ0v) is 17.2. The van der Waals surface area contributed by atoms with Gasteiger partial charge in [0.1, 0.15) is 5.54 Å². The number of anilines is 2. The molecule has 0 atom stereocenters. The quantitative estimate of drug-likeness (QED) is 0.512. The van der Waals surface area contributed by atoms with Gasteiger partial charge in [0.2, 0.25) is 11.8 Å². The Balaban J connectivity index is 1.63. The number of para-hydroxylation sites is 4. The van der Waals surface area contributed by atoms with Gasteiger partial charge in [0.25, 0.3) is 0 Å². The highest BCUT2D eigenvalue weighted by Gasteiger charge is 2.43. The Morgan fingerprint density at radius 1 is 1.21 bits per heavy atom. The number of allylic oxidation sites excluding steroid dienone is 1. The van der Waals surface area contributed by atoms with E-state index in [0.717, 1.165) is 16.2 Å². The molecule has 7 heteroatoms. The minimum Gasteiger partial charge on any atom is -0.322 e. The number of hydrogen-bond acceptors (Lipinski definition) is 4. The molecule has 1 N–H and O–H groups in total. The van der Waals surface area contributed by atoms with Gasteiger partial charge in [-0.1, -0.05) is 42.1 Å². The van der Waals surface area contributed by atoms with Crippen LogP contribution in [0.25, 0.3) is 11.0 Å². The van der Waals surface area contributed by atoms with Crippen molar-refractivity contribution in [3.05, 3.63) is 61.2 Å². The van der Waals surface area contributed by atoms with E-state index in [9.17, 15) is 9.59 Å². The maximum atomic E-state index is 13.2. The molecule has 1 aliphatic heterocycles. The molecule has 0 aliphatic carbocycles. The number of fused-ring (bicyclic) bond motifs is 2. The molecule has 29 heavy (non-hydrogen) atoms. The Morgan fingerprint density at radius 3 is 2.72 bits per heavy atom. The van der Waals surface area contributed by atoms with E-state index in [4.69, 9.17) is 0 Å². The van der Waals surface area contributed by atoms with Gasteiger partial charge in [0, 0.05) is 6.54 Å².